The molecule has 24 heavy (non-hydrogen) atoms. The molecule has 6 nitrogen and oxygen atoms in total. The summed E-state index contributed by atoms with van der Waals surface area (Å²) >= 11 is 0. The second-order valence-electron chi connectivity index (χ2n) is 5.75. The van der Waals surface area contributed by atoms with Crippen molar-refractivity contribution in [1.29, 1.82) is 0 Å². The number of aromatic nitrogens is 2. The number of hydrogen-bond donors (Lipinski definition) is 1. The van der Waals surface area contributed by atoms with Crippen molar-refractivity contribution in [3.05, 3.63) is 41.0 Å². The normalized spacial score (nSPS) is 11.3. The number of halogens is 1. The number of aliphatic imine (C=N–C) groups is 1. The van der Waals surface area contributed by atoms with Gasteiger partial charge in [0.15, 0.2) is 5.96 Å². The maximum Gasteiger partial charge on any atom is 0.194 e. The van der Waals surface area contributed by atoms with Crippen LogP contribution in [0.4, 0.5) is 0 Å². The van der Waals surface area contributed by atoms with E-state index in [4.69, 9.17) is 9.52 Å². The monoisotopic (exact) mass is 445 g/mol. The van der Waals surface area contributed by atoms with E-state index in [2.05, 4.69) is 59.3 Å². The van der Waals surface area contributed by atoms with Crippen molar-refractivity contribution in [2.24, 2.45) is 12.0 Å². The van der Waals surface area contributed by atoms with Gasteiger partial charge in [-0.15, -0.1) is 24.0 Å². The van der Waals surface area contributed by atoms with Gasteiger partial charge in [0.1, 0.15) is 5.76 Å². The molecular weight excluding hydrogens is 417 g/mol. The van der Waals surface area contributed by atoms with Crippen molar-refractivity contribution in [3.63, 3.8) is 0 Å². The number of nitrogens with zero attached hydrogens (tertiary/aromatic N) is 4. The van der Waals surface area contributed by atoms with Gasteiger partial charge in [0, 0.05) is 44.6 Å². The lowest BCUT2D eigenvalue weighted by Crippen LogP contribution is -2.39. The van der Waals surface area contributed by atoms with Crippen LogP contribution in [0.2, 0.25) is 0 Å². The summed E-state index contributed by atoms with van der Waals surface area (Å²) in [5, 5.41) is 7.34. The number of nitrogens with one attached hydrogen (secondary N) is 1. The Kier molecular flexibility index (Phi) is 8.30. The Labute approximate surface area is 161 Å². The molecule has 2 heterocycles. The average molecular weight is 445 g/mol. The molecule has 0 fully saturated rings. The first-order valence-corrected chi connectivity index (χ1v) is 8.04. The van der Waals surface area contributed by atoms with Crippen molar-refractivity contribution in [3.8, 4) is 0 Å². The Morgan fingerprint density at radius 2 is 2.17 bits per heavy atom. The molecule has 0 amide bonds. The Hall–Kier alpha value is -1.51. The van der Waals surface area contributed by atoms with E-state index < -0.39 is 0 Å². The minimum atomic E-state index is 0. The van der Waals surface area contributed by atoms with Crippen molar-refractivity contribution in [1.82, 2.24) is 19.9 Å². The molecule has 134 valence electrons. The van der Waals surface area contributed by atoms with E-state index in [9.17, 15) is 0 Å². The van der Waals surface area contributed by atoms with Crippen LogP contribution in [0.15, 0.2) is 27.8 Å². The molecule has 0 bridgehead atoms. The van der Waals surface area contributed by atoms with E-state index in [1.165, 1.54) is 5.69 Å². The van der Waals surface area contributed by atoms with Crippen LogP contribution in [0.1, 0.15) is 29.6 Å². The van der Waals surface area contributed by atoms with Gasteiger partial charge in [-0.25, -0.2) is 0 Å². The molecule has 2 aromatic heterocycles. The number of aryl methyl sites for hydroxylation is 3. The van der Waals surface area contributed by atoms with Crippen LogP contribution in [0.25, 0.3) is 0 Å². The maximum atomic E-state index is 5.20. The zero-order valence-corrected chi connectivity index (χ0v) is 17.5. The fraction of sp³-hybridized carbons (Fsp3) is 0.529. The number of rotatable bonds is 6. The molecular formula is C17H28IN5O. The average Bonchev–Trinajstić information content (AvgIpc) is 3.06. The van der Waals surface area contributed by atoms with Crippen LogP contribution in [0, 0.1) is 13.8 Å². The topological polar surface area (TPSA) is 58.6 Å². The molecule has 0 unspecified atom stereocenters. The Bertz CT molecular complexity index is 642. The van der Waals surface area contributed by atoms with Gasteiger partial charge in [0.25, 0.3) is 0 Å². The smallest absolute Gasteiger partial charge is 0.194 e. The maximum absolute atomic E-state index is 5.20. The Morgan fingerprint density at radius 3 is 2.71 bits per heavy atom. The second-order valence-corrected chi connectivity index (χ2v) is 5.75. The highest BCUT2D eigenvalue weighted by Gasteiger charge is 2.10. The molecule has 0 radical (unpaired) electrons. The molecule has 0 atom stereocenters. The highest BCUT2D eigenvalue weighted by Crippen LogP contribution is 2.12. The third-order valence-corrected chi connectivity index (χ3v) is 3.95. The molecule has 0 spiro atoms. The fourth-order valence-electron chi connectivity index (χ4n) is 2.58. The largest absolute Gasteiger partial charge is 0.361 e. The van der Waals surface area contributed by atoms with Crippen LogP contribution in [-0.4, -0.2) is 40.7 Å². The van der Waals surface area contributed by atoms with Crippen molar-refractivity contribution in [2.75, 3.05) is 20.1 Å². The van der Waals surface area contributed by atoms with Gasteiger partial charge in [-0.3, -0.25) is 4.99 Å². The molecule has 0 aliphatic heterocycles. The van der Waals surface area contributed by atoms with Gasteiger partial charge in [0.2, 0.25) is 0 Å². The summed E-state index contributed by atoms with van der Waals surface area (Å²) in [5.74, 6) is 1.81. The molecule has 0 saturated carbocycles. The highest BCUT2D eigenvalue weighted by molar-refractivity contribution is 14.0. The first-order chi connectivity index (χ1) is 11.0. The summed E-state index contributed by atoms with van der Waals surface area (Å²) in [7, 11) is 4.12. The lowest BCUT2D eigenvalue weighted by Gasteiger charge is -2.22. The lowest BCUT2D eigenvalue weighted by atomic mass is 10.1. The molecule has 7 heteroatoms. The van der Waals surface area contributed by atoms with Crippen LogP contribution in [-0.2, 0) is 20.0 Å². The molecule has 2 rings (SSSR count). The van der Waals surface area contributed by atoms with E-state index in [1.54, 1.807) is 0 Å². The molecule has 1 N–H and O–H groups in total. The minimum absolute atomic E-state index is 0. The van der Waals surface area contributed by atoms with Crippen molar-refractivity contribution < 1.29 is 4.52 Å². The molecule has 0 saturated heterocycles. The van der Waals surface area contributed by atoms with E-state index in [-0.39, 0.29) is 24.0 Å². The first kappa shape index (κ1) is 20.5. The van der Waals surface area contributed by atoms with Gasteiger partial charge >= 0.3 is 0 Å². The number of hydrogen-bond acceptors (Lipinski definition) is 3. The van der Waals surface area contributed by atoms with E-state index in [1.807, 2.05) is 13.8 Å². The summed E-state index contributed by atoms with van der Waals surface area (Å²) in [6.07, 6.45) is 2.90. The van der Waals surface area contributed by atoms with Crippen LogP contribution in [0.5, 0.6) is 0 Å². The highest BCUT2D eigenvalue weighted by atomic mass is 127. The summed E-state index contributed by atoms with van der Waals surface area (Å²) in [6.45, 7) is 8.39. The minimum Gasteiger partial charge on any atom is -0.361 e. The Morgan fingerprint density at radius 1 is 1.42 bits per heavy atom. The quantitative estimate of drug-likeness (QED) is 0.422. The Balaban J connectivity index is 0.00000288. The standard InChI is InChI=1S/C17H27N5O.HI/c1-6-18-17(22(5)12-15-8-7-11-21(15)4)19-10-9-16-13(2)20-23-14(16)3;/h7-8,11H,6,9-10,12H2,1-5H3,(H,18,19);1H. The van der Waals surface area contributed by atoms with E-state index in [0.29, 0.717) is 6.54 Å². The molecule has 0 aliphatic rings. The van der Waals surface area contributed by atoms with Crippen molar-refractivity contribution in [2.45, 2.75) is 33.7 Å². The van der Waals surface area contributed by atoms with Gasteiger partial charge in [-0.05, 0) is 39.3 Å². The van der Waals surface area contributed by atoms with E-state index >= 15 is 0 Å². The molecule has 0 aromatic carbocycles. The summed E-state index contributed by atoms with van der Waals surface area (Å²) in [5.41, 5.74) is 3.37. The van der Waals surface area contributed by atoms with E-state index in [0.717, 1.165) is 42.5 Å². The lowest BCUT2D eigenvalue weighted by molar-refractivity contribution is 0.392. The molecule has 0 aliphatic carbocycles. The van der Waals surface area contributed by atoms with Crippen LogP contribution in [0.3, 0.4) is 0 Å². The fourth-order valence-corrected chi connectivity index (χ4v) is 2.58. The summed E-state index contributed by atoms with van der Waals surface area (Å²) in [4.78, 5) is 6.88. The predicted octanol–water partition coefficient (Wildman–Crippen LogP) is 2.89. The van der Waals surface area contributed by atoms with Gasteiger partial charge in [-0.1, -0.05) is 5.16 Å². The number of guanidine groups is 1. The summed E-state index contributed by atoms with van der Waals surface area (Å²) in [6, 6.07) is 4.19. The van der Waals surface area contributed by atoms with Crippen LogP contribution >= 0.6 is 24.0 Å². The first-order valence-electron chi connectivity index (χ1n) is 8.04. The predicted molar refractivity (Wildman–Crippen MR) is 108 cm³/mol. The second kappa shape index (κ2) is 9.71. The third-order valence-electron chi connectivity index (χ3n) is 3.95. The third kappa shape index (κ3) is 5.25. The van der Waals surface area contributed by atoms with Crippen LogP contribution < -0.4 is 5.32 Å². The van der Waals surface area contributed by atoms with Crippen molar-refractivity contribution >= 4 is 29.9 Å². The van der Waals surface area contributed by atoms with Gasteiger partial charge in [0.05, 0.1) is 12.2 Å². The summed E-state index contributed by atoms with van der Waals surface area (Å²) < 4.78 is 7.33. The molecule has 2 aromatic rings. The zero-order chi connectivity index (χ0) is 16.8. The zero-order valence-electron chi connectivity index (χ0n) is 15.2. The van der Waals surface area contributed by atoms with Gasteiger partial charge in [-0.2, -0.15) is 0 Å². The SMILES string of the molecule is CCNC(=NCCc1c(C)noc1C)N(C)Cc1cccn1C.I. The van der Waals surface area contributed by atoms with Gasteiger partial charge < -0.3 is 19.3 Å².